The predicted molar refractivity (Wildman–Crippen MR) is 139 cm³/mol. The van der Waals surface area contributed by atoms with E-state index in [2.05, 4.69) is 15.9 Å². The Morgan fingerprint density at radius 3 is 2.35 bits per heavy atom. The molecule has 3 aromatic rings. The second-order valence-electron chi connectivity index (χ2n) is 8.05. The van der Waals surface area contributed by atoms with Crippen LogP contribution in [0.25, 0.3) is 0 Å². The smallest absolute Gasteiger partial charge is 0.247 e. The monoisotopic (exact) mass is 532 g/mol. The van der Waals surface area contributed by atoms with E-state index in [9.17, 15) is 9.59 Å². The Bertz CT molecular complexity index is 1280. The minimum atomic E-state index is -0.661. The molecule has 2 amide bonds. The van der Waals surface area contributed by atoms with Crippen LogP contribution < -0.4 is 4.90 Å². The maximum Gasteiger partial charge on any atom is 0.247 e. The van der Waals surface area contributed by atoms with E-state index in [-0.39, 0.29) is 29.4 Å². The van der Waals surface area contributed by atoms with Crippen molar-refractivity contribution in [2.45, 2.75) is 24.1 Å². The van der Waals surface area contributed by atoms with Crippen LogP contribution in [0.15, 0.2) is 94.5 Å². The van der Waals surface area contributed by atoms with Gasteiger partial charge in [-0.25, -0.2) is 9.91 Å². The molecule has 0 spiro atoms. The van der Waals surface area contributed by atoms with Gasteiger partial charge in [0, 0.05) is 17.3 Å². The van der Waals surface area contributed by atoms with Crippen molar-refractivity contribution in [2.75, 3.05) is 4.90 Å². The predicted octanol–water partition coefficient (Wildman–Crippen LogP) is 5.60. The number of amides is 2. The highest BCUT2D eigenvalue weighted by Crippen LogP contribution is 2.38. The number of benzene rings is 3. The largest absolute Gasteiger partial charge is 0.277 e. The van der Waals surface area contributed by atoms with Gasteiger partial charge in [-0.1, -0.05) is 94.4 Å². The number of thioether (sulfide) groups is 1. The van der Waals surface area contributed by atoms with Crippen molar-refractivity contribution < 1.29 is 9.59 Å². The number of anilines is 1. The van der Waals surface area contributed by atoms with Gasteiger partial charge in [0.2, 0.25) is 11.8 Å². The fourth-order valence-electron chi connectivity index (χ4n) is 4.21. The molecule has 0 aromatic heterocycles. The summed E-state index contributed by atoms with van der Waals surface area (Å²) in [5.41, 5.74) is 3.49. The lowest BCUT2D eigenvalue weighted by molar-refractivity contribution is -0.121. The molecule has 0 aliphatic carbocycles. The molecule has 0 bridgehead atoms. The molecule has 3 aromatic carbocycles. The van der Waals surface area contributed by atoms with Gasteiger partial charge >= 0.3 is 0 Å². The lowest BCUT2D eigenvalue weighted by atomic mass is 9.99. The Morgan fingerprint density at radius 2 is 1.65 bits per heavy atom. The summed E-state index contributed by atoms with van der Waals surface area (Å²) in [6, 6.07) is 26.8. The number of amidine groups is 1. The Balaban J connectivity index is 1.39. The normalized spacial score (nSPS) is 20.1. The number of rotatable bonds is 4. The molecule has 1 fully saturated rings. The van der Waals surface area contributed by atoms with Crippen LogP contribution in [-0.2, 0) is 9.59 Å². The summed E-state index contributed by atoms with van der Waals surface area (Å²) in [5.74, 6) is -0.566. The number of hydrazone groups is 1. The van der Waals surface area contributed by atoms with Gasteiger partial charge in [-0.2, -0.15) is 5.10 Å². The number of hydrogen-bond donors (Lipinski definition) is 1. The molecule has 170 valence electrons. The van der Waals surface area contributed by atoms with E-state index in [0.717, 1.165) is 33.1 Å². The summed E-state index contributed by atoms with van der Waals surface area (Å²) in [7, 11) is 0. The first kappa shape index (κ1) is 22.6. The third kappa shape index (κ3) is 4.43. The highest BCUT2D eigenvalue weighted by atomic mass is 79.9. The third-order valence-corrected chi connectivity index (χ3v) is 7.39. The first-order chi connectivity index (χ1) is 16.5. The zero-order chi connectivity index (χ0) is 23.7. The average molecular weight is 533 g/mol. The standard InChI is InChI=1S/C26H21BrN4O2S/c27-19-12-7-13-20(14-19)30-24(32)16-23(25(30)33)34-26(28)31-22(18-10-5-2-6-11-18)15-21(29-31)17-8-3-1-4-9-17/h1-14,22-23,28H,15-16H2/t22-,23+/m1/s1. The van der Waals surface area contributed by atoms with Crippen molar-refractivity contribution in [3.8, 4) is 0 Å². The Morgan fingerprint density at radius 1 is 0.941 bits per heavy atom. The molecule has 2 heterocycles. The van der Waals surface area contributed by atoms with E-state index < -0.39 is 5.25 Å². The fraction of sp³-hybridized carbons (Fsp3) is 0.154. The van der Waals surface area contributed by atoms with Crippen molar-refractivity contribution in [2.24, 2.45) is 5.10 Å². The molecule has 34 heavy (non-hydrogen) atoms. The van der Waals surface area contributed by atoms with Crippen molar-refractivity contribution in [1.82, 2.24) is 5.01 Å². The topological polar surface area (TPSA) is 76.8 Å². The molecule has 1 saturated heterocycles. The molecular weight excluding hydrogens is 512 g/mol. The van der Waals surface area contributed by atoms with Gasteiger partial charge in [-0.3, -0.25) is 15.0 Å². The van der Waals surface area contributed by atoms with E-state index in [1.54, 1.807) is 23.2 Å². The van der Waals surface area contributed by atoms with E-state index >= 15 is 0 Å². The zero-order valence-electron chi connectivity index (χ0n) is 18.1. The molecular formula is C26H21BrN4O2S. The van der Waals surface area contributed by atoms with Crippen LogP contribution in [0, 0.1) is 5.41 Å². The van der Waals surface area contributed by atoms with Crippen LogP contribution in [0.5, 0.6) is 0 Å². The van der Waals surface area contributed by atoms with Gasteiger partial charge in [0.05, 0.1) is 17.4 Å². The summed E-state index contributed by atoms with van der Waals surface area (Å²) in [4.78, 5) is 27.0. The number of carbonyl (C=O) groups excluding carboxylic acids is 2. The zero-order valence-corrected chi connectivity index (χ0v) is 20.5. The number of carbonyl (C=O) groups is 2. The molecule has 1 N–H and O–H groups in total. The highest BCUT2D eigenvalue weighted by Gasteiger charge is 2.42. The number of imide groups is 1. The summed E-state index contributed by atoms with van der Waals surface area (Å²) < 4.78 is 0.792. The molecule has 0 radical (unpaired) electrons. The molecule has 8 heteroatoms. The lowest BCUT2D eigenvalue weighted by Crippen LogP contribution is -2.32. The Kier molecular flexibility index (Phi) is 6.34. The van der Waals surface area contributed by atoms with Crippen molar-refractivity contribution in [3.05, 3.63) is 101 Å². The van der Waals surface area contributed by atoms with Crippen molar-refractivity contribution in [3.63, 3.8) is 0 Å². The Labute approximate surface area is 210 Å². The van der Waals surface area contributed by atoms with Gasteiger partial charge in [-0.15, -0.1) is 0 Å². The number of nitrogens with zero attached hydrogens (tertiary/aromatic N) is 3. The third-order valence-electron chi connectivity index (χ3n) is 5.84. The SMILES string of the molecule is N=C(S[C@H]1CC(=O)N(c2cccc(Br)c2)C1=O)N1N=C(c2ccccc2)C[C@@H]1c1ccccc1. The number of hydrogen-bond acceptors (Lipinski definition) is 5. The van der Waals surface area contributed by atoms with E-state index in [1.165, 1.54) is 4.90 Å². The minimum absolute atomic E-state index is 0.0531. The van der Waals surface area contributed by atoms with Crippen molar-refractivity contribution in [1.29, 1.82) is 5.41 Å². The van der Waals surface area contributed by atoms with Crippen LogP contribution >= 0.6 is 27.7 Å². The van der Waals surface area contributed by atoms with Crippen LogP contribution in [0.2, 0.25) is 0 Å². The van der Waals surface area contributed by atoms with E-state index in [4.69, 9.17) is 10.5 Å². The van der Waals surface area contributed by atoms with Gasteiger partial charge < -0.3 is 0 Å². The first-order valence-electron chi connectivity index (χ1n) is 10.9. The fourth-order valence-corrected chi connectivity index (χ4v) is 5.57. The first-order valence-corrected chi connectivity index (χ1v) is 12.5. The summed E-state index contributed by atoms with van der Waals surface area (Å²) >= 11 is 4.49. The molecule has 2 atom stereocenters. The quantitative estimate of drug-likeness (QED) is 0.269. The molecule has 0 saturated carbocycles. The highest BCUT2D eigenvalue weighted by molar-refractivity contribution is 9.10. The number of halogens is 1. The van der Waals surface area contributed by atoms with Crippen LogP contribution in [0.1, 0.15) is 30.0 Å². The number of nitrogens with one attached hydrogen (secondary N) is 1. The Hall–Kier alpha value is -3.23. The van der Waals surface area contributed by atoms with Crippen LogP contribution in [0.3, 0.4) is 0 Å². The molecule has 5 rings (SSSR count). The van der Waals surface area contributed by atoms with E-state index in [1.807, 2.05) is 66.7 Å². The summed E-state index contributed by atoms with van der Waals surface area (Å²) in [6.45, 7) is 0. The van der Waals surface area contributed by atoms with Gasteiger partial charge in [-0.05, 0) is 29.3 Å². The lowest BCUT2D eigenvalue weighted by Gasteiger charge is -2.24. The summed E-state index contributed by atoms with van der Waals surface area (Å²) in [5, 5.41) is 14.8. The molecule has 6 nitrogen and oxygen atoms in total. The second kappa shape index (κ2) is 9.56. The summed E-state index contributed by atoms with van der Waals surface area (Å²) in [6.07, 6.45) is 0.705. The molecule has 0 unspecified atom stereocenters. The van der Waals surface area contributed by atoms with Crippen LogP contribution in [0.4, 0.5) is 5.69 Å². The molecule has 2 aliphatic heterocycles. The maximum atomic E-state index is 13.1. The molecule has 2 aliphatic rings. The second-order valence-corrected chi connectivity index (χ2v) is 10.2. The maximum absolute atomic E-state index is 13.1. The van der Waals surface area contributed by atoms with Crippen LogP contribution in [-0.4, -0.2) is 33.0 Å². The van der Waals surface area contributed by atoms with Gasteiger partial charge in [0.25, 0.3) is 0 Å². The van der Waals surface area contributed by atoms with Gasteiger partial charge in [0.15, 0.2) is 5.17 Å². The average Bonchev–Trinajstić information content (AvgIpc) is 3.41. The van der Waals surface area contributed by atoms with Gasteiger partial charge in [0.1, 0.15) is 5.25 Å². The van der Waals surface area contributed by atoms with Crippen molar-refractivity contribution >= 4 is 56.1 Å². The minimum Gasteiger partial charge on any atom is -0.277 e. The van der Waals surface area contributed by atoms with E-state index in [0.29, 0.717) is 12.1 Å².